The van der Waals surface area contributed by atoms with Gasteiger partial charge >= 0.3 is 0 Å². The highest BCUT2D eigenvalue weighted by atomic mass is 19.1. The number of pyridine rings is 2. The number of nitrogens with one attached hydrogen (secondary N) is 2. The normalized spacial score (nSPS) is 10.1. The highest BCUT2D eigenvalue weighted by molar-refractivity contribution is 5.95. The van der Waals surface area contributed by atoms with Gasteiger partial charge in [-0.15, -0.1) is 0 Å². The van der Waals surface area contributed by atoms with E-state index in [1.54, 1.807) is 6.20 Å². The maximum absolute atomic E-state index is 13.8. The number of carbonyl (C=O) groups excluding carboxylic acids is 1. The van der Waals surface area contributed by atoms with Gasteiger partial charge in [-0.1, -0.05) is 6.07 Å². The van der Waals surface area contributed by atoms with Crippen LogP contribution in [0.2, 0.25) is 0 Å². The van der Waals surface area contributed by atoms with Crippen LogP contribution in [-0.2, 0) is 6.42 Å². The molecule has 2 heterocycles. The predicted molar refractivity (Wildman–Crippen MR) is 72.3 cm³/mol. The van der Waals surface area contributed by atoms with Crippen molar-refractivity contribution in [2.24, 2.45) is 5.84 Å². The zero-order valence-corrected chi connectivity index (χ0v) is 10.6. The van der Waals surface area contributed by atoms with Crippen LogP contribution in [0.15, 0.2) is 36.7 Å². The van der Waals surface area contributed by atoms with Gasteiger partial charge in [0.2, 0.25) is 0 Å². The Morgan fingerprint density at radius 1 is 1.25 bits per heavy atom. The number of amides is 1. The standard InChI is InChI=1S/C13H14FN5O/c14-11-10(5-8-17-12(11)19-15)13(20)18-7-4-9-3-1-2-6-16-9/h1-3,5-6,8H,4,7,15H2,(H,17,19)(H,18,20). The van der Waals surface area contributed by atoms with E-state index in [1.807, 2.05) is 18.2 Å². The van der Waals surface area contributed by atoms with Gasteiger partial charge in [0.1, 0.15) is 0 Å². The Labute approximate surface area is 115 Å². The lowest BCUT2D eigenvalue weighted by atomic mass is 10.2. The van der Waals surface area contributed by atoms with Crippen molar-refractivity contribution >= 4 is 11.7 Å². The smallest absolute Gasteiger partial charge is 0.254 e. The third-order valence-corrected chi connectivity index (χ3v) is 2.66. The first kappa shape index (κ1) is 13.9. The summed E-state index contributed by atoms with van der Waals surface area (Å²) in [4.78, 5) is 19.7. The van der Waals surface area contributed by atoms with E-state index in [4.69, 9.17) is 5.84 Å². The van der Waals surface area contributed by atoms with Gasteiger partial charge in [0, 0.05) is 31.1 Å². The summed E-state index contributed by atoms with van der Waals surface area (Å²) in [5.41, 5.74) is 2.85. The van der Waals surface area contributed by atoms with Crippen LogP contribution in [0.3, 0.4) is 0 Å². The molecule has 0 aliphatic heterocycles. The Kier molecular flexibility index (Phi) is 4.56. The summed E-state index contributed by atoms with van der Waals surface area (Å²) in [6.45, 7) is 0.364. The quantitative estimate of drug-likeness (QED) is 0.556. The molecule has 7 heteroatoms. The van der Waals surface area contributed by atoms with Crippen molar-refractivity contribution in [2.45, 2.75) is 6.42 Å². The number of nitrogens with two attached hydrogens (primary N) is 1. The van der Waals surface area contributed by atoms with Gasteiger partial charge in [0.05, 0.1) is 5.56 Å². The fraction of sp³-hybridized carbons (Fsp3) is 0.154. The average molecular weight is 275 g/mol. The van der Waals surface area contributed by atoms with E-state index in [-0.39, 0.29) is 11.4 Å². The first-order valence-electron chi connectivity index (χ1n) is 6.01. The van der Waals surface area contributed by atoms with Crippen molar-refractivity contribution in [2.75, 3.05) is 12.0 Å². The maximum atomic E-state index is 13.8. The summed E-state index contributed by atoms with van der Waals surface area (Å²) in [6.07, 6.45) is 3.56. The van der Waals surface area contributed by atoms with Crippen LogP contribution in [0.5, 0.6) is 0 Å². The molecule has 0 aliphatic rings. The predicted octanol–water partition coefficient (Wildman–Crippen LogP) is 0.874. The summed E-state index contributed by atoms with van der Waals surface area (Å²) in [5.74, 6) is 3.65. The molecule has 0 fully saturated rings. The fourth-order valence-corrected chi connectivity index (χ4v) is 1.67. The molecular formula is C13H14FN5O. The molecular weight excluding hydrogens is 261 g/mol. The Bertz CT molecular complexity index is 591. The Hall–Kier alpha value is -2.54. The lowest BCUT2D eigenvalue weighted by molar-refractivity contribution is 0.0950. The number of hydrazine groups is 1. The van der Waals surface area contributed by atoms with E-state index in [9.17, 15) is 9.18 Å². The molecule has 0 atom stereocenters. The zero-order chi connectivity index (χ0) is 14.4. The number of hydrogen-bond acceptors (Lipinski definition) is 5. The molecule has 2 aromatic rings. The molecule has 0 bridgehead atoms. The summed E-state index contributed by atoms with van der Waals surface area (Å²) in [5, 5.41) is 2.62. The number of carbonyl (C=O) groups is 1. The molecule has 1 amide bonds. The summed E-state index contributed by atoms with van der Waals surface area (Å²) in [6, 6.07) is 6.84. The number of rotatable bonds is 5. The number of aromatic nitrogens is 2. The highest BCUT2D eigenvalue weighted by Crippen LogP contribution is 2.13. The van der Waals surface area contributed by atoms with Gasteiger partial charge < -0.3 is 10.7 Å². The second-order valence-electron chi connectivity index (χ2n) is 3.99. The van der Waals surface area contributed by atoms with Crippen molar-refractivity contribution in [3.8, 4) is 0 Å². The van der Waals surface area contributed by atoms with Crippen LogP contribution in [0, 0.1) is 5.82 Å². The Morgan fingerprint density at radius 3 is 2.80 bits per heavy atom. The van der Waals surface area contributed by atoms with Crippen LogP contribution in [0.4, 0.5) is 10.2 Å². The molecule has 6 nitrogen and oxygen atoms in total. The third kappa shape index (κ3) is 3.27. The van der Waals surface area contributed by atoms with Crippen molar-refractivity contribution in [3.63, 3.8) is 0 Å². The molecule has 2 rings (SSSR count). The van der Waals surface area contributed by atoms with Crippen molar-refractivity contribution in [1.29, 1.82) is 0 Å². The van der Waals surface area contributed by atoms with Crippen LogP contribution < -0.4 is 16.6 Å². The van der Waals surface area contributed by atoms with Crippen LogP contribution >= 0.6 is 0 Å². The van der Waals surface area contributed by atoms with Crippen LogP contribution in [0.25, 0.3) is 0 Å². The molecule has 0 unspecified atom stereocenters. The van der Waals surface area contributed by atoms with Crippen molar-refractivity contribution in [3.05, 3.63) is 53.7 Å². The van der Waals surface area contributed by atoms with Gasteiger partial charge in [-0.25, -0.2) is 15.2 Å². The lowest BCUT2D eigenvalue weighted by Gasteiger charge is -2.07. The second kappa shape index (κ2) is 6.58. The minimum atomic E-state index is -0.773. The van der Waals surface area contributed by atoms with E-state index in [0.29, 0.717) is 13.0 Å². The number of anilines is 1. The van der Waals surface area contributed by atoms with E-state index in [2.05, 4.69) is 20.7 Å². The maximum Gasteiger partial charge on any atom is 0.254 e. The number of hydrogen-bond donors (Lipinski definition) is 3. The fourth-order valence-electron chi connectivity index (χ4n) is 1.67. The summed E-state index contributed by atoms with van der Waals surface area (Å²) < 4.78 is 13.8. The number of nitrogen functional groups attached to an aromatic ring is 1. The Morgan fingerprint density at radius 2 is 2.10 bits per heavy atom. The summed E-state index contributed by atoms with van der Waals surface area (Å²) in [7, 11) is 0. The van der Waals surface area contributed by atoms with Gasteiger partial charge in [-0.3, -0.25) is 9.78 Å². The third-order valence-electron chi connectivity index (χ3n) is 2.66. The van der Waals surface area contributed by atoms with Gasteiger partial charge in [-0.2, -0.15) is 0 Å². The highest BCUT2D eigenvalue weighted by Gasteiger charge is 2.15. The monoisotopic (exact) mass is 275 g/mol. The second-order valence-corrected chi connectivity index (χ2v) is 3.99. The molecule has 0 saturated carbocycles. The van der Waals surface area contributed by atoms with Crippen molar-refractivity contribution in [1.82, 2.24) is 15.3 Å². The molecule has 0 aromatic carbocycles. The minimum absolute atomic E-state index is 0.103. The van der Waals surface area contributed by atoms with E-state index < -0.39 is 11.7 Å². The molecule has 20 heavy (non-hydrogen) atoms. The topological polar surface area (TPSA) is 92.9 Å². The van der Waals surface area contributed by atoms with Gasteiger partial charge in [-0.05, 0) is 18.2 Å². The molecule has 2 aromatic heterocycles. The Balaban J connectivity index is 1.95. The molecule has 104 valence electrons. The first-order valence-corrected chi connectivity index (χ1v) is 6.01. The number of halogens is 1. The average Bonchev–Trinajstić information content (AvgIpc) is 2.48. The zero-order valence-electron chi connectivity index (χ0n) is 10.6. The van der Waals surface area contributed by atoms with Crippen LogP contribution in [-0.4, -0.2) is 22.4 Å². The molecule has 0 aliphatic carbocycles. The van der Waals surface area contributed by atoms with Crippen molar-refractivity contribution < 1.29 is 9.18 Å². The van der Waals surface area contributed by atoms with E-state index in [1.165, 1.54) is 12.3 Å². The first-order chi connectivity index (χ1) is 9.72. The lowest BCUT2D eigenvalue weighted by Crippen LogP contribution is -2.27. The van der Waals surface area contributed by atoms with Gasteiger partial charge in [0.25, 0.3) is 5.91 Å². The van der Waals surface area contributed by atoms with Gasteiger partial charge in [0.15, 0.2) is 11.6 Å². The molecule has 0 spiro atoms. The van der Waals surface area contributed by atoms with E-state index in [0.717, 1.165) is 5.69 Å². The van der Waals surface area contributed by atoms with Crippen LogP contribution in [0.1, 0.15) is 16.1 Å². The SMILES string of the molecule is NNc1nccc(C(=O)NCCc2ccccn2)c1F. The minimum Gasteiger partial charge on any atom is -0.352 e. The summed E-state index contributed by atoms with van der Waals surface area (Å²) >= 11 is 0. The molecule has 0 saturated heterocycles. The van der Waals surface area contributed by atoms with E-state index >= 15 is 0 Å². The molecule has 0 radical (unpaired) electrons. The largest absolute Gasteiger partial charge is 0.352 e. The molecule has 4 N–H and O–H groups in total. The number of nitrogens with zero attached hydrogens (tertiary/aromatic N) is 2.